The van der Waals surface area contributed by atoms with Crippen molar-refractivity contribution >= 4 is 5.82 Å². The Morgan fingerprint density at radius 3 is 2.35 bits per heavy atom. The minimum absolute atomic E-state index is 0.865. The third kappa shape index (κ3) is 3.21. The van der Waals surface area contributed by atoms with E-state index in [0.717, 1.165) is 69.8 Å². The molecule has 4 heteroatoms. The van der Waals surface area contributed by atoms with Gasteiger partial charge in [-0.3, -0.25) is 0 Å². The second-order valence-corrected chi connectivity index (χ2v) is 6.70. The Kier molecular flexibility index (Phi) is 5.17. The minimum Gasteiger partial charge on any atom is -0.353 e. The van der Waals surface area contributed by atoms with Gasteiger partial charge in [0.15, 0.2) is 0 Å². The maximum Gasteiger partial charge on any atom is 0.147 e. The van der Waals surface area contributed by atoms with E-state index >= 15 is 0 Å². The summed E-state index contributed by atoms with van der Waals surface area (Å²) in [5.41, 5.74) is 4.83. The fourth-order valence-electron chi connectivity index (χ4n) is 3.95. The van der Waals surface area contributed by atoms with E-state index in [-0.39, 0.29) is 0 Å². The van der Waals surface area contributed by atoms with Gasteiger partial charge in [0.05, 0.1) is 5.56 Å². The standard InChI is InChI=1S/C19H28N4/c1-3-7-18-16-9-6-5-8-15(16)17(14-20)19(21-18)23-12-10-22(4-2)11-13-23/h3-13H2,1-2H3. The smallest absolute Gasteiger partial charge is 0.147 e. The van der Waals surface area contributed by atoms with Crippen molar-refractivity contribution in [3.63, 3.8) is 0 Å². The number of anilines is 1. The van der Waals surface area contributed by atoms with Gasteiger partial charge in [0.2, 0.25) is 0 Å². The zero-order valence-electron chi connectivity index (χ0n) is 14.6. The van der Waals surface area contributed by atoms with Gasteiger partial charge >= 0.3 is 0 Å². The lowest BCUT2D eigenvalue weighted by atomic mass is 9.86. The van der Waals surface area contributed by atoms with Gasteiger partial charge in [-0.15, -0.1) is 0 Å². The van der Waals surface area contributed by atoms with Crippen LogP contribution in [0.5, 0.6) is 0 Å². The van der Waals surface area contributed by atoms with Crippen molar-refractivity contribution in [2.24, 2.45) is 0 Å². The molecule has 1 aliphatic heterocycles. The van der Waals surface area contributed by atoms with Gasteiger partial charge in [0.25, 0.3) is 0 Å². The van der Waals surface area contributed by atoms with Gasteiger partial charge in [0.1, 0.15) is 11.9 Å². The first-order chi connectivity index (χ1) is 11.3. The molecular weight excluding hydrogens is 284 g/mol. The molecule has 1 aliphatic carbocycles. The summed E-state index contributed by atoms with van der Waals surface area (Å²) in [6.45, 7) is 9.66. The summed E-state index contributed by atoms with van der Waals surface area (Å²) >= 11 is 0. The number of nitriles is 1. The van der Waals surface area contributed by atoms with Crippen LogP contribution in [0.25, 0.3) is 0 Å². The fraction of sp³-hybridized carbons (Fsp3) is 0.684. The molecule has 0 atom stereocenters. The van der Waals surface area contributed by atoms with E-state index in [1.807, 2.05) is 0 Å². The summed E-state index contributed by atoms with van der Waals surface area (Å²) < 4.78 is 0. The van der Waals surface area contributed by atoms with E-state index < -0.39 is 0 Å². The molecular formula is C19H28N4. The summed E-state index contributed by atoms with van der Waals surface area (Å²) in [4.78, 5) is 9.82. The van der Waals surface area contributed by atoms with E-state index in [2.05, 4.69) is 29.7 Å². The lowest BCUT2D eigenvalue weighted by molar-refractivity contribution is 0.270. The molecule has 4 nitrogen and oxygen atoms in total. The van der Waals surface area contributed by atoms with Gasteiger partial charge in [-0.25, -0.2) is 4.98 Å². The minimum atomic E-state index is 0.865. The maximum atomic E-state index is 9.80. The van der Waals surface area contributed by atoms with Crippen molar-refractivity contribution < 1.29 is 0 Å². The van der Waals surface area contributed by atoms with Crippen molar-refractivity contribution in [2.75, 3.05) is 37.6 Å². The summed E-state index contributed by atoms with van der Waals surface area (Å²) in [6.07, 6.45) is 6.77. The first-order valence-electron chi connectivity index (χ1n) is 9.20. The third-order valence-electron chi connectivity index (χ3n) is 5.30. The van der Waals surface area contributed by atoms with E-state index in [9.17, 15) is 5.26 Å². The summed E-state index contributed by atoms with van der Waals surface area (Å²) in [6, 6.07) is 2.50. The normalized spacial score (nSPS) is 18.6. The zero-order valence-corrected chi connectivity index (χ0v) is 14.6. The highest BCUT2D eigenvalue weighted by atomic mass is 15.3. The molecule has 0 N–H and O–H groups in total. The molecule has 2 aliphatic rings. The average molecular weight is 312 g/mol. The molecule has 0 radical (unpaired) electrons. The second-order valence-electron chi connectivity index (χ2n) is 6.70. The number of nitrogens with zero attached hydrogens (tertiary/aromatic N) is 4. The molecule has 0 unspecified atom stereocenters. The van der Waals surface area contributed by atoms with E-state index in [1.54, 1.807) is 0 Å². The Morgan fingerprint density at radius 2 is 1.74 bits per heavy atom. The average Bonchev–Trinajstić information content (AvgIpc) is 2.62. The number of piperazine rings is 1. The first kappa shape index (κ1) is 16.3. The highest BCUT2D eigenvalue weighted by Crippen LogP contribution is 2.33. The summed E-state index contributed by atoms with van der Waals surface area (Å²) in [7, 11) is 0. The van der Waals surface area contributed by atoms with Crippen molar-refractivity contribution in [1.82, 2.24) is 9.88 Å². The Bertz CT molecular complexity index is 594. The predicted octanol–water partition coefficient (Wildman–Crippen LogP) is 2.93. The molecule has 0 aromatic carbocycles. The summed E-state index contributed by atoms with van der Waals surface area (Å²) in [5, 5.41) is 9.80. The van der Waals surface area contributed by atoms with Crippen LogP contribution >= 0.6 is 0 Å². The number of hydrogen-bond donors (Lipinski definition) is 0. The molecule has 1 aromatic heterocycles. The predicted molar refractivity (Wildman–Crippen MR) is 93.9 cm³/mol. The van der Waals surface area contributed by atoms with Crippen LogP contribution in [-0.2, 0) is 19.3 Å². The Morgan fingerprint density at radius 1 is 1.04 bits per heavy atom. The Labute approximate surface area is 140 Å². The number of hydrogen-bond acceptors (Lipinski definition) is 4. The first-order valence-corrected chi connectivity index (χ1v) is 9.20. The second kappa shape index (κ2) is 7.31. The Balaban J connectivity index is 1.99. The molecule has 124 valence electrons. The molecule has 1 aromatic rings. The molecule has 1 fully saturated rings. The van der Waals surface area contributed by atoms with Gasteiger partial charge in [-0.1, -0.05) is 20.3 Å². The third-order valence-corrected chi connectivity index (χ3v) is 5.30. The van der Waals surface area contributed by atoms with Crippen molar-refractivity contribution in [1.29, 1.82) is 5.26 Å². The van der Waals surface area contributed by atoms with Crippen molar-refractivity contribution in [3.05, 3.63) is 22.4 Å². The van der Waals surface area contributed by atoms with Gasteiger partial charge in [-0.05, 0) is 49.8 Å². The molecule has 0 saturated carbocycles. The largest absolute Gasteiger partial charge is 0.353 e. The van der Waals surface area contributed by atoms with E-state index in [1.165, 1.54) is 29.7 Å². The van der Waals surface area contributed by atoms with Gasteiger partial charge < -0.3 is 9.80 Å². The molecule has 1 saturated heterocycles. The Hall–Kier alpha value is -1.60. The SMILES string of the molecule is CCCc1nc(N2CCN(CC)CC2)c(C#N)c2c1CCCC2. The van der Waals surface area contributed by atoms with Crippen molar-refractivity contribution in [2.45, 2.75) is 52.4 Å². The number of likely N-dealkylation sites (N-methyl/N-ethyl adjacent to an activating group) is 1. The monoisotopic (exact) mass is 312 g/mol. The van der Waals surface area contributed by atoms with Crippen LogP contribution in [0, 0.1) is 11.3 Å². The maximum absolute atomic E-state index is 9.80. The number of aryl methyl sites for hydroxylation is 1. The number of rotatable bonds is 4. The molecule has 3 rings (SSSR count). The lowest BCUT2D eigenvalue weighted by Gasteiger charge is -2.36. The van der Waals surface area contributed by atoms with Gasteiger partial charge in [0, 0.05) is 31.9 Å². The van der Waals surface area contributed by atoms with Crippen LogP contribution in [0.1, 0.15) is 55.5 Å². The summed E-state index contributed by atoms with van der Waals surface area (Å²) in [5.74, 6) is 0.965. The van der Waals surface area contributed by atoms with Crippen LogP contribution < -0.4 is 4.90 Å². The van der Waals surface area contributed by atoms with Crippen LogP contribution in [0.4, 0.5) is 5.82 Å². The fourth-order valence-corrected chi connectivity index (χ4v) is 3.95. The molecule has 2 heterocycles. The number of aromatic nitrogens is 1. The van der Waals surface area contributed by atoms with E-state index in [4.69, 9.17) is 4.98 Å². The van der Waals surface area contributed by atoms with Crippen LogP contribution in [0.3, 0.4) is 0 Å². The molecule has 0 spiro atoms. The van der Waals surface area contributed by atoms with Crippen LogP contribution in [0.2, 0.25) is 0 Å². The van der Waals surface area contributed by atoms with Gasteiger partial charge in [-0.2, -0.15) is 5.26 Å². The number of fused-ring (bicyclic) bond motifs is 1. The van der Waals surface area contributed by atoms with Crippen molar-refractivity contribution in [3.8, 4) is 6.07 Å². The topological polar surface area (TPSA) is 43.2 Å². The van der Waals surface area contributed by atoms with Crippen LogP contribution in [-0.4, -0.2) is 42.6 Å². The number of pyridine rings is 1. The quantitative estimate of drug-likeness (QED) is 0.857. The zero-order chi connectivity index (χ0) is 16.2. The van der Waals surface area contributed by atoms with Crippen LogP contribution in [0.15, 0.2) is 0 Å². The molecule has 23 heavy (non-hydrogen) atoms. The lowest BCUT2D eigenvalue weighted by Crippen LogP contribution is -2.47. The molecule has 0 amide bonds. The highest BCUT2D eigenvalue weighted by molar-refractivity contribution is 5.62. The van der Waals surface area contributed by atoms with E-state index in [0.29, 0.717) is 0 Å². The highest BCUT2D eigenvalue weighted by Gasteiger charge is 2.26. The molecule has 0 bridgehead atoms.